The zero-order valence-electron chi connectivity index (χ0n) is 20.2. The first-order valence-corrected chi connectivity index (χ1v) is 13.2. The smallest absolute Gasteiger partial charge is 0.0249 e. The lowest BCUT2D eigenvalue weighted by Crippen LogP contribution is -2.22. The molecular formula is C32H40. The van der Waals surface area contributed by atoms with Crippen molar-refractivity contribution >= 4 is 0 Å². The summed E-state index contributed by atoms with van der Waals surface area (Å²) in [5.74, 6) is 9.77. The number of benzene rings is 2. The fraction of sp³-hybridized carbons (Fsp3) is 0.500. The normalized spacial score (nSPS) is 23.2. The van der Waals surface area contributed by atoms with E-state index in [9.17, 15) is 0 Å². The number of hydrogen-bond donors (Lipinski definition) is 0. The Kier molecular flexibility index (Phi) is 8.28. The Labute approximate surface area is 196 Å². The predicted octanol–water partition coefficient (Wildman–Crippen LogP) is 8.99. The van der Waals surface area contributed by atoms with Gasteiger partial charge in [0.1, 0.15) is 0 Å². The van der Waals surface area contributed by atoms with Crippen molar-refractivity contribution < 1.29 is 0 Å². The van der Waals surface area contributed by atoms with Crippen molar-refractivity contribution in [2.45, 2.75) is 84.5 Å². The van der Waals surface area contributed by atoms with Crippen LogP contribution in [-0.4, -0.2) is 0 Å². The van der Waals surface area contributed by atoms with E-state index >= 15 is 0 Å². The van der Waals surface area contributed by atoms with Crippen LogP contribution < -0.4 is 0 Å². The predicted molar refractivity (Wildman–Crippen MR) is 139 cm³/mol. The molecule has 2 aliphatic carbocycles. The van der Waals surface area contributed by atoms with Crippen LogP contribution in [0.25, 0.3) is 11.1 Å². The van der Waals surface area contributed by atoms with Crippen LogP contribution in [0.5, 0.6) is 0 Å². The first-order valence-electron chi connectivity index (χ1n) is 13.2. The van der Waals surface area contributed by atoms with E-state index < -0.39 is 0 Å². The van der Waals surface area contributed by atoms with Gasteiger partial charge >= 0.3 is 0 Å². The Hall–Kier alpha value is -2.26. The Morgan fingerprint density at radius 1 is 0.750 bits per heavy atom. The molecule has 2 aliphatic rings. The standard InChI is InChI=1S/C32H40/c1-3-5-6-26-11-19-30(20-12-26)32-23-15-28(16-24-32)8-7-27-13-21-31(22-14-27)29-17-9-25(4-2)10-18-29/h11-13,15-16,19-20,23-25,29,31H,3-6,9-10,14,17-18,21-22H2,1-2H3. The van der Waals surface area contributed by atoms with E-state index in [4.69, 9.17) is 0 Å². The fourth-order valence-electron chi connectivity index (χ4n) is 5.61. The van der Waals surface area contributed by atoms with Gasteiger partial charge in [-0.1, -0.05) is 93.8 Å². The molecule has 1 fully saturated rings. The molecule has 0 aromatic heterocycles. The summed E-state index contributed by atoms with van der Waals surface area (Å²) in [5, 5.41) is 0. The third-order valence-electron chi connectivity index (χ3n) is 7.95. The minimum absolute atomic E-state index is 0.908. The van der Waals surface area contributed by atoms with Gasteiger partial charge in [0.05, 0.1) is 0 Å². The largest absolute Gasteiger partial charge is 0.0726 e. The van der Waals surface area contributed by atoms with Crippen LogP contribution in [0.15, 0.2) is 60.2 Å². The molecule has 0 spiro atoms. The summed E-state index contributed by atoms with van der Waals surface area (Å²) in [7, 11) is 0. The molecule has 0 heterocycles. The molecule has 0 radical (unpaired) electrons. The average Bonchev–Trinajstić information content (AvgIpc) is 2.87. The molecule has 168 valence electrons. The van der Waals surface area contributed by atoms with Gasteiger partial charge in [-0.25, -0.2) is 0 Å². The van der Waals surface area contributed by atoms with Crippen molar-refractivity contribution in [2.24, 2.45) is 17.8 Å². The van der Waals surface area contributed by atoms with Crippen LogP contribution in [0, 0.1) is 29.6 Å². The highest BCUT2D eigenvalue weighted by atomic mass is 14.3. The van der Waals surface area contributed by atoms with E-state index in [1.165, 1.54) is 92.9 Å². The zero-order valence-corrected chi connectivity index (χ0v) is 20.2. The number of rotatable bonds is 6. The lowest BCUT2D eigenvalue weighted by Gasteiger charge is -2.34. The van der Waals surface area contributed by atoms with Crippen LogP contribution in [0.1, 0.15) is 89.2 Å². The molecule has 0 N–H and O–H groups in total. The van der Waals surface area contributed by atoms with E-state index in [1.807, 2.05) is 0 Å². The molecule has 2 aromatic rings. The average molecular weight is 425 g/mol. The maximum atomic E-state index is 3.47. The van der Waals surface area contributed by atoms with E-state index in [2.05, 4.69) is 80.3 Å². The highest BCUT2D eigenvalue weighted by molar-refractivity contribution is 5.64. The van der Waals surface area contributed by atoms with Crippen LogP contribution in [-0.2, 0) is 6.42 Å². The molecule has 0 aliphatic heterocycles. The quantitative estimate of drug-likeness (QED) is 0.406. The molecule has 32 heavy (non-hydrogen) atoms. The highest BCUT2D eigenvalue weighted by Crippen LogP contribution is 2.40. The van der Waals surface area contributed by atoms with Gasteiger partial charge in [-0.05, 0) is 97.1 Å². The minimum Gasteiger partial charge on any atom is -0.0726 e. The Morgan fingerprint density at radius 2 is 1.44 bits per heavy atom. The second-order valence-electron chi connectivity index (χ2n) is 10.1. The monoisotopic (exact) mass is 424 g/mol. The molecule has 1 atom stereocenters. The summed E-state index contributed by atoms with van der Waals surface area (Å²) in [6, 6.07) is 17.8. The number of hydrogen-bond acceptors (Lipinski definition) is 0. The number of aryl methyl sites for hydroxylation is 1. The third kappa shape index (κ3) is 6.16. The van der Waals surface area contributed by atoms with Gasteiger partial charge in [0, 0.05) is 5.56 Å². The van der Waals surface area contributed by atoms with Gasteiger partial charge in [0.25, 0.3) is 0 Å². The SMILES string of the molecule is CCCCc1ccc(-c2ccc(C#CC3=CCC(C4CCC(CC)CC4)CC3)cc2)cc1. The van der Waals surface area contributed by atoms with Crippen molar-refractivity contribution in [1.29, 1.82) is 0 Å². The second-order valence-corrected chi connectivity index (χ2v) is 10.1. The summed E-state index contributed by atoms with van der Waals surface area (Å²) < 4.78 is 0. The van der Waals surface area contributed by atoms with E-state index in [-0.39, 0.29) is 0 Å². The highest BCUT2D eigenvalue weighted by Gasteiger charge is 2.27. The molecule has 0 heteroatoms. The van der Waals surface area contributed by atoms with Crippen molar-refractivity contribution in [3.63, 3.8) is 0 Å². The van der Waals surface area contributed by atoms with Crippen LogP contribution >= 0.6 is 0 Å². The van der Waals surface area contributed by atoms with Crippen molar-refractivity contribution in [3.8, 4) is 23.0 Å². The lowest BCUT2D eigenvalue weighted by atomic mass is 9.71. The first-order chi connectivity index (χ1) is 15.7. The topological polar surface area (TPSA) is 0 Å². The van der Waals surface area contributed by atoms with Crippen LogP contribution in [0.2, 0.25) is 0 Å². The summed E-state index contributed by atoms with van der Waals surface area (Å²) in [6.07, 6.45) is 17.2. The van der Waals surface area contributed by atoms with Crippen molar-refractivity contribution in [2.75, 3.05) is 0 Å². The Morgan fingerprint density at radius 3 is 2.03 bits per heavy atom. The van der Waals surface area contributed by atoms with Gasteiger partial charge in [0.15, 0.2) is 0 Å². The molecule has 0 amide bonds. The summed E-state index contributed by atoms with van der Waals surface area (Å²) in [6.45, 7) is 4.61. The van der Waals surface area contributed by atoms with Crippen LogP contribution in [0.3, 0.4) is 0 Å². The fourth-order valence-corrected chi connectivity index (χ4v) is 5.61. The van der Waals surface area contributed by atoms with Crippen molar-refractivity contribution in [1.82, 2.24) is 0 Å². The molecule has 0 saturated heterocycles. The molecule has 0 nitrogen and oxygen atoms in total. The van der Waals surface area contributed by atoms with Crippen LogP contribution in [0.4, 0.5) is 0 Å². The van der Waals surface area contributed by atoms with E-state index in [1.54, 1.807) is 0 Å². The molecule has 1 unspecified atom stereocenters. The van der Waals surface area contributed by atoms with Gasteiger partial charge in [-0.3, -0.25) is 0 Å². The third-order valence-corrected chi connectivity index (χ3v) is 7.95. The van der Waals surface area contributed by atoms with Gasteiger partial charge in [-0.2, -0.15) is 0 Å². The van der Waals surface area contributed by atoms with Gasteiger partial charge in [-0.15, -0.1) is 0 Å². The maximum absolute atomic E-state index is 3.47. The summed E-state index contributed by atoms with van der Waals surface area (Å²) in [4.78, 5) is 0. The molecule has 1 saturated carbocycles. The molecule has 0 bridgehead atoms. The van der Waals surface area contributed by atoms with Crippen molar-refractivity contribution in [3.05, 3.63) is 71.3 Å². The van der Waals surface area contributed by atoms with Gasteiger partial charge < -0.3 is 0 Å². The second kappa shape index (κ2) is 11.6. The molecule has 4 rings (SSSR count). The zero-order chi connectivity index (χ0) is 22.2. The minimum atomic E-state index is 0.908. The molecule has 2 aromatic carbocycles. The Balaban J connectivity index is 1.31. The first kappa shape index (κ1) is 22.9. The Bertz CT molecular complexity index is 924. The summed E-state index contributed by atoms with van der Waals surface area (Å²) >= 11 is 0. The molecular weight excluding hydrogens is 384 g/mol. The van der Waals surface area contributed by atoms with Gasteiger partial charge in [0.2, 0.25) is 0 Å². The maximum Gasteiger partial charge on any atom is 0.0249 e. The number of unbranched alkanes of at least 4 members (excludes halogenated alkanes) is 1. The summed E-state index contributed by atoms with van der Waals surface area (Å²) in [5.41, 5.74) is 6.48. The lowest BCUT2D eigenvalue weighted by molar-refractivity contribution is 0.190. The van der Waals surface area contributed by atoms with E-state index in [0.29, 0.717) is 0 Å². The number of allylic oxidation sites excluding steroid dienone is 2. The van der Waals surface area contributed by atoms with E-state index in [0.717, 1.165) is 23.3 Å².